The zero-order valence-corrected chi connectivity index (χ0v) is 13.9. The van der Waals surface area contributed by atoms with Crippen LogP contribution < -0.4 is 4.72 Å². The first-order valence-corrected chi connectivity index (χ1v) is 8.42. The lowest BCUT2D eigenvalue weighted by Crippen LogP contribution is -2.42. The van der Waals surface area contributed by atoms with E-state index in [1.807, 2.05) is 0 Å². The number of thiol groups is 1. The molecular weight excluding hydrogens is 330 g/mol. The van der Waals surface area contributed by atoms with Gasteiger partial charge in [-0.3, -0.25) is 9.59 Å². The topological polar surface area (TPSA) is 110 Å². The first-order chi connectivity index (χ1) is 10.2. The number of hydrogen-bond acceptors (Lipinski definition) is 6. The van der Waals surface area contributed by atoms with Crippen molar-refractivity contribution in [2.75, 3.05) is 12.9 Å². The largest absolute Gasteiger partial charge is 0.480 e. The summed E-state index contributed by atoms with van der Waals surface area (Å²) >= 11 is 3.79. The summed E-state index contributed by atoms with van der Waals surface area (Å²) in [6, 6.07) is 7.34. The van der Waals surface area contributed by atoms with Gasteiger partial charge in [0.05, 0.1) is 12.9 Å². The van der Waals surface area contributed by atoms with Gasteiger partial charge >= 0.3 is 11.9 Å². The molecule has 0 spiro atoms. The van der Waals surface area contributed by atoms with E-state index in [4.69, 9.17) is 5.11 Å². The van der Waals surface area contributed by atoms with Gasteiger partial charge in [0.15, 0.2) is 0 Å². The molecule has 0 saturated heterocycles. The Morgan fingerprint density at radius 3 is 2.18 bits per heavy atom. The molecule has 124 valence electrons. The van der Waals surface area contributed by atoms with Crippen LogP contribution in [0.15, 0.2) is 30.3 Å². The van der Waals surface area contributed by atoms with Gasteiger partial charge in [-0.15, -0.1) is 0 Å². The molecule has 0 unspecified atom stereocenters. The number of carboxylic acid groups (broad SMARTS) is 1. The summed E-state index contributed by atoms with van der Waals surface area (Å²) in [7, 11) is -2.32. The first kappa shape index (κ1) is 20.4. The number of aliphatic carboxylic acids is 1. The summed E-state index contributed by atoms with van der Waals surface area (Å²) < 4.78 is 29.5. The Morgan fingerprint density at radius 2 is 1.82 bits per heavy atom. The molecule has 0 heterocycles. The quantitative estimate of drug-likeness (QED) is 0.514. The number of benzene rings is 1. The SMILES string of the molecule is COC(C)=O.O=C(O)[C@H](CS)NS(=O)(=O)Cc1ccccc1. The van der Waals surface area contributed by atoms with Crippen molar-refractivity contribution in [1.82, 2.24) is 4.72 Å². The number of carbonyl (C=O) groups excluding carboxylic acids is 1. The van der Waals surface area contributed by atoms with Gasteiger partial charge in [0.2, 0.25) is 10.0 Å². The molecule has 1 aromatic carbocycles. The summed E-state index contributed by atoms with van der Waals surface area (Å²) in [5, 5.41) is 8.73. The summed E-state index contributed by atoms with van der Waals surface area (Å²) in [6.45, 7) is 1.36. The number of hydrogen-bond donors (Lipinski definition) is 3. The van der Waals surface area contributed by atoms with Crippen molar-refractivity contribution in [1.29, 1.82) is 0 Å². The predicted molar refractivity (Wildman–Crippen MR) is 85.2 cm³/mol. The minimum Gasteiger partial charge on any atom is -0.480 e. The van der Waals surface area contributed by atoms with Crippen LogP contribution in [0.4, 0.5) is 0 Å². The average Bonchev–Trinajstić information content (AvgIpc) is 2.45. The molecule has 0 aliphatic rings. The Hall–Kier alpha value is -1.58. The van der Waals surface area contributed by atoms with Crippen LogP contribution >= 0.6 is 12.6 Å². The molecule has 0 bridgehead atoms. The zero-order valence-electron chi connectivity index (χ0n) is 12.2. The molecule has 1 atom stereocenters. The van der Waals surface area contributed by atoms with E-state index < -0.39 is 22.0 Å². The summed E-state index contributed by atoms with van der Waals surface area (Å²) in [5.74, 6) is -1.82. The van der Waals surface area contributed by atoms with Gasteiger partial charge in [-0.2, -0.15) is 17.4 Å². The molecule has 0 amide bonds. The molecule has 9 heteroatoms. The van der Waals surface area contributed by atoms with Crippen molar-refractivity contribution in [2.24, 2.45) is 0 Å². The van der Waals surface area contributed by atoms with Crippen LogP contribution in [0.5, 0.6) is 0 Å². The Morgan fingerprint density at radius 1 is 1.32 bits per heavy atom. The maximum Gasteiger partial charge on any atom is 0.322 e. The van der Waals surface area contributed by atoms with Gasteiger partial charge in [-0.05, 0) is 5.56 Å². The molecule has 1 aromatic rings. The number of carbonyl (C=O) groups is 2. The molecule has 0 saturated carbocycles. The number of methoxy groups -OCH3 is 1. The third kappa shape index (κ3) is 9.37. The number of sulfonamides is 1. The van der Waals surface area contributed by atoms with Crippen LogP contribution in [0.25, 0.3) is 0 Å². The monoisotopic (exact) mass is 349 g/mol. The van der Waals surface area contributed by atoms with E-state index in [1.54, 1.807) is 30.3 Å². The minimum atomic E-state index is -3.67. The van der Waals surface area contributed by atoms with Crippen molar-refractivity contribution >= 4 is 34.6 Å². The number of rotatable bonds is 6. The second kappa shape index (κ2) is 10.2. The third-order valence-corrected chi connectivity index (χ3v) is 4.01. The fraction of sp³-hybridized carbons (Fsp3) is 0.385. The standard InChI is InChI=1S/C10H13NO4S2.C3H6O2/c12-10(13)9(6-16)11-17(14,15)7-8-4-2-1-3-5-8;1-3(4)5-2/h1-5,9,11,16H,6-7H2,(H,12,13);1-2H3/t9-;/m0./s1. The molecule has 7 nitrogen and oxygen atoms in total. The number of nitrogens with one attached hydrogen (secondary N) is 1. The lowest BCUT2D eigenvalue weighted by atomic mass is 10.2. The second-order valence-corrected chi connectivity index (χ2v) is 6.25. The van der Waals surface area contributed by atoms with E-state index >= 15 is 0 Å². The van der Waals surface area contributed by atoms with Crippen molar-refractivity contribution in [3.63, 3.8) is 0 Å². The van der Waals surface area contributed by atoms with Crippen LogP contribution in [0, 0.1) is 0 Å². The van der Waals surface area contributed by atoms with Gasteiger partial charge < -0.3 is 9.84 Å². The fourth-order valence-electron chi connectivity index (χ4n) is 1.22. The average molecular weight is 349 g/mol. The van der Waals surface area contributed by atoms with E-state index in [-0.39, 0.29) is 17.5 Å². The molecule has 0 radical (unpaired) electrons. The van der Waals surface area contributed by atoms with Gasteiger partial charge in [-0.25, -0.2) is 8.42 Å². The molecule has 2 N–H and O–H groups in total. The van der Waals surface area contributed by atoms with Crippen molar-refractivity contribution in [2.45, 2.75) is 18.7 Å². The van der Waals surface area contributed by atoms with E-state index in [2.05, 4.69) is 22.1 Å². The Bertz CT molecular complexity index is 573. The molecular formula is C13H19NO6S2. The van der Waals surface area contributed by atoms with E-state index in [1.165, 1.54) is 14.0 Å². The summed E-state index contributed by atoms with van der Waals surface area (Å²) in [5.41, 5.74) is 0.600. The first-order valence-electron chi connectivity index (χ1n) is 6.14. The molecule has 0 aromatic heterocycles. The number of ether oxygens (including phenoxy) is 1. The van der Waals surface area contributed by atoms with Gasteiger partial charge in [0.25, 0.3) is 0 Å². The number of esters is 1. The highest BCUT2D eigenvalue weighted by atomic mass is 32.2. The highest BCUT2D eigenvalue weighted by Crippen LogP contribution is 2.05. The van der Waals surface area contributed by atoms with Crippen LogP contribution in [0.1, 0.15) is 12.5 Å². The van der Waals surface area contributed by atoms with Crippen LogP contribution in [0.2, 0.25) is 0 Å². The van der Waals surface area contributed by atoms with Gasteiger partial charge in [0.1, 0.15) is 6.04 Å². The van der Waals surface area contributed by atoms with Crippen molar-refractivity contribution in [3.05, 3.63) is 35.9 Å². The smallest absolute Gasteiger partial charge is 0.322 e. The lowest BCUT2D eigenvalue weighted by Gasteiger charge is -2.12. The fourth-order valence-corrected chi connectivity index (χ4v) is 2.92. The van der Waals surface area contributed by atoms with Crippen LogP contribution in [-0.4, -0.2) is 44.4 Å². The highest BCUT2D eigenvalue weighted by Gasteiger charge is 2.22. The molecule has 22 heavy (non-hydrogen) atoms. The third-order valence-electron chi connectivity index (χ3n) is 2.29. The maximum atomic E-state index is 11.7. The van der Waals surface area contributed by atoms with Crippen LogP contribution in [-0.2, 0) is 30.1 Å². The highest BCUT2D eigenvalue weighted by molar-refractivity contribution is 7.88. The van der Waals surface area contributed by atoms with Crippen molar-refractivity contribution < 1.29 is 27.9 Å². The minimum absolute atomic E-state index is 0.0939. The Balaban J connectivity index is 0.000000763. The maximum absolute atomic E-state index is 11.7. The normalized spacial score (nSPS) is 11.8. The zero-order chi connectivity index (χ0) is 17.2. The predicted octanol–water partition coefficient (Wildman–Crippen LogP) is 0.668. The summed E-state index contributed by atoms with van der Waals surface area (Å²) in [6.07, 6.45) is 0. The molecule has 0 fully saturated rings. The molecule has 0 aliphatic heterocycles. The van der Waals surface area contributed by atoms with Crippen LogP contribution in [0.3, 0.4) is 0 Å². The number of carboxylic acids is 1. The molecule has 1 rings (SSSR count). The Kier molecular flexibility index (Phi) is 9.46. The van der Waals surface area contributed by atoms with E-state index in [0.717, 1.165) is 0 Å². The van der Waals surface area contributed by atoms with Crippen molar-refractivity contribution in [3.8, 4) is 0 Å². The molecule has 0 aliphatic carbocycles. The second-order valence-electron chi connectivity index (χ2n) is 4.13. The summed E-state index contributed by atoms with van der Waals surface area (Å²) in [4.78, 5) is 20.3. The lowest BCUT2D eigenvalue weighted by molar-refractivity contribution is -0.139. The Labute approximate surface area is 135 Å². The van der Waals surface area contributed by atoms with E-state index in [0.29, 0.717) is 5.56 Å². The van der Waals surface area contributed by atoms with Gasteiger partial charge in [0, 0.05) is 12.7 Å². The van der Waals surface area contributed by atoms with E-state index in [9.17, 15) is 18.0 Å². The van der Waals surface area contributed by atoms with Gasteiger partial charge in [-0.1, -0.05) is 30.3 Å².